The molecule has 0 aromatic heterocycles. The third-order valence-electron chi connectivity index (χ3n) is 6.88. The summed E-state index contributed by atoms with van der Waals surface area (Å²) in [5, 5.41) is 9.33. The quantitative estimate of drug-likeness (QED) is 0.600. The lowest BCUT2D eigenvalue weighted by atomic mass is 9.60. The van der Waals surface area contributed by atoms with E-state index in [1.165, 1.54) is 22.3 Å². The molecule has 1 fully saturated rings. The molecule has 28 heavy (non-hydrogen) atoms. The van der Waals surface area contributed by atoms with Gasteiger partial charge in [-0.25, -0.2) is 0 Å². The predicted octanol–water partition coefficient (Wildman–Crippen LogP) is 6.46. The second kappa shape index (κ2) is 8.50. The van der Waals surface area contributed by atoms with E-state index in [0.717, 1.165) is 38.9 Å². The van der Waals surface area contributed by atoms with Gasteiger partial charge in [-0.3, -0.25) is 4.90 Å². The van der Waals surface area contributed by atoms with Gasteiger partial charge in [0.25, 0.3) is 0 Å². The fourth-order valence-corrected chi connectivity index (χ4v) is 4.48. The van der Waals surface area contributed by atoms with Gasteiger partial charge in [0.2, 0.25) is 0 Å². The van der Waals surface area contributed by atoms with Gasteiger partial charge >= 0.3 is 0 Å². The molecule has 2 heteroatoms. The molecule has 1 saturated heterocycles. The Balaban J connectivity index is 1.61. The summed E-state index contributed by atoms with van der Waals surface area (Å²) in [4.78, 5) is 2.55. The standard InChI is InChI=1S/C26H34N2/c1-5-21-6-10-23(11-7-21)24-12-8-22(9-13-24)20-28-18-15-26(14-17-27,16-19-28)25(2,3)4/h6-13H,5,14-16,18-20H2,1-4H3. The van der Waals surface area contributed by atoms with Gasteiger partial charge in [0.15, 0.2) is 0 Å². The summed E-state index contributed by atoms with van der Waals surface area (Å²) in [6.07, 6.45) is 3.99. The summed E-state index contributed by atoms with van der Waals surface area (Å²) in [7, 11) is 0. The van der Waals surface area contributed by atoms with E-state index >= 15 is 0 Å². The highest BCUT2D eigenvalue weighted by Gasteiger charge is 2.43. The maximum atomic E-state index is 9.33. The van der Waals surface area contributed by atoms with E-state index in [1.807, 2.05) is 0 Å². The Labute approximate surface area is 171 Å². The molecule has 0 radical (unpaired) electrons. The van der Waals surface area contributed by atoms with Gasteiger partial charge in [0.1, 0.15) is 0 Å². The van der Waals surface area contributed by atoms with Crippen molar-refractivity contribution >= 4 is 0 Å². The van der Waals surface area contributed by atoms with Crippen LogP contribution in [-0.2, 0) is 13.0 Å². The second-order valence-electron chi connectivity index (χ2n) is 9.39. The fraction of sp³-hybridized carbons (Fsp3) is 0.500. The number of piperidine rings is 1. The first-order valence-corrected chi connectivity index (χ1v) is 10.6. The van der Waals surface area contributed by atoms with E-state index in [2.05, 4.69) is 87.2 Å². The summed E-state index contributed by atoms with van der Waals surface area (Å²) in [6.45, 7) is 12.2. The summed E-state index contributed by atoms with van der Waals surface area (Å²) in [6, 6.07) is 20.4. The number of benzene rings is 2. The lowest BCUT2D eigenvalue weighted by Gasteiger charge is -2.49. The minimum Gasteiger partial charge on any atom is -0.299 e. The Morgan fingerprint density at radius 2 is 1.39 bits per heavy atom. The normalized spacial score (nSPS) is 17.2. The third kappa shape index (κ3) is 4.47. The molecule has 3 rings (SSSR count). The van der Waals surface area contributed by atoms with Crippen LogP contribution in [0.5, 0.6) is 0 Å². The largest absolute Gasteiger partial charge is 0.299 e. The number of aryl methyl sites for hydroxylation is 1. The molecule has 1 heterocycles. The highest BCUT2D eigenvalue weighted by Crippen LogP contribution is 2.49. The number of rotatable bonds is 5. The summed E-state index contributed by atoms with van der Waals surface area (Å²) in [5.41, 5.74) is 5.67. The number of nitriles is 1. The molecule has 0 N–H and O–H groups in total. The van der Waals surface area contributed by atoms with Crippen LogP contribution in [0, 0.1) is 22.2 Å². The molecule has 2 aromatic carbocycles. The smallest absolute Gasteiger partial charge is 0.0627 e. The summed E-state index contributed by atoms with van der Waals surface area (Å²) in [5.74, 6) is 0. The van der Waals surface area contributed by atoms with Crippen molar-refractivity contribution in [2.24, 2.45) is 10.8 Å². The minimum atomic E-state index is 0.159. The predicted molar refractivity (Wildman–Crippen MR) is 118 cm³/mol. The highest BCUT2D eigenvalue weighted by molar-refractivity contribution is 5.63. The third-order valence-corrected chi connectivity index (χ3v) is 6.88. The average molecular weight is 375 g/mol. The lowest BCUT2D eigenvalue weighted by Crippen LogP contribution is -2.46. The van der Waals surface area contributed by atoms with Gasteiger partial charge < -0.3 is 0 Å². The molecule has 148 valence electrons. The zero-order chi connectivity index (χ0) is 20.2. The van der Waals surface area contributed by atoms with Crippen LogP contribution in [-0.4, -0.2) is 18.0 Å². The van der Waals surface area contributed by atoms with Crippen molar-refractivity contribution in [3.63, 3.8) is 0 Å². The summed E-state index contributed by atoms with van der Waals surface area (Å²) >= 11 is 0. The lowest BCUT2D eigenvalue weighted by molar-refractivity contribution is 0.00711. The van der Waals surface area contributed by atoms with Gasteiger partial charge in [-0.2, -0.15) is 5.26 Å². The van der Waals surface area contributed by atoms with E-state index in [-0.39, 0.29) is 10.8 Å². The first kappa shape index (κ1) is 20.6. The highest BCUT2D eigenvalue weighted by atomic mass is 15.1. The van der Waals surface area contributed by atoms with Crippen molar-refractivity contribution < 1.29 is 0 Å². The van der Waals surface area contributed by atoms with Gasteiger partial charge in [0, 0.05) is 13.0 Å². The molecule has 1 aliphatic rings. The van der Waals surface area contributed by atoms with Crippen molar-refractivity contribution in [1.29, 1.82) is 5.26 Å². The van der Waals surface area contributed by atoms with Crippen LogP contribution in [0.1, 0.15) is 58.1 Å². The Morgan fingerprint density at radius 3 is 1.82 bits per heavy atom. The Kier molecular flexibility index (Phi) is 6.26. The van der Waals surface area contributed by atoms with Crippen molar-refractivity contribution in [2.45, 2.75) is 59.9 Å². The molecule has 0 amide bonds. The summed E-state index contributed by atoms with van der Waals surface area (Å²) < 4.78 is 0. The van der Waals surface area contributed by atoms with E-state index in [0.29, 0.717) is 6.42 Å². The van der Waals surface area contributed by atoms with Gasteiger partial charge in [-0.05, 0) is 65.4 Å². The molecule has 2 aromatic rings. The molecule has 2 nitrogen and oxygen atoms in total. The molecule has 0 unspecified atom stereocenters. The van der Waals surface area contributed by atoms with Crippen LogP contribution in [0.25, 0.3) is 11.1 Å². The zero-order valence-corrected chi connectivity index (χ0v) is 18.0. The van der Waals surface area contributed by atoms with Gasteiger partial charge in [-0.15, -0.1) is 0 Å². The van der Waals surface area contributed by atoms with Crippen LogP contribution in [0.15, 0.2) is 48.5 Å². The molecule has 0 saturated carbocycles. The van der Waals surface area contributed by atoms with Gasteiger partial charge in [-0.1, -0.05) is 76.2 Å². The van der Waals surface area contributed by atoms with Gasteiger partial charge in [0.05, 0.1) is 6.07 Å². The number of nitrogens with zero attached hydrogens (tertiary/aromatic N) is 2. The average Bonchev–Trinajstić information content (AvgIpc) is 2.69. The van der Waals surface area contributed by atoms with Crippen molar-refractivity contribution in [1.82, 2.24) is 4.90 Å². The maximum Gasteiger partial charge on any atom is 0.0627 e. The monoisotopic (exact) mass is 374 g/mol. The molecule has 0 spiro atoms. The number of hydrogen-bond donors (Lipinski definition) is 0. The number of likely N-dealkylation sites (tertiary alicyclic amines) is 1. The van der Waals surface area contributed by atoms with Crippen LogP contribution >= 0.6 is 0 Å². The maximum absolute atomic E-state index is 9.33. The Bertz CT molecular complexity index is 795. The second-order valence-corrected chi connectivity index (χ2v) is 9.39. The molecule has 1 aliphatic heterocycles. The first-order chi connectivity index (χ1) is 13.4. The van der Waals surface area contributed by atoms with Crippen LogP contribution in [0.2, 0.25) is 0 Å². The molecular formula is C26H34N2. The van der Waals surface area contributed by atoms with Crippen LogP contribution in [0.4, 0.5) is 0 Å². The van der Waals surface area contributed by atoms with Crippen LogP contribution in [0.3, 0.4) is 0 Å². The van der Waals surface area contributed by atoms with E-state index in [9.17, 15) is 5.26 Å². The zero-order valence-electron chi connectivity index (χ0n) is 18.0. The van der Waals surface area contributed by atoms with Crippen molar-refractivity contribution in [3.05, 3.63) is 59.7 Å². The Hall–Kier alpha value is -2.11. The van der Waals surface area contributed by atoms with E-state index < -0.39 is 0 Å². The number of hydrogen-bond acceptors (Lipinski definition) is 2. The molecule has 0 bridgehead atoms. The van der Waals surface area contributed by atoms with Crippen molar-refractivity contribution in [3.8, 4) is 17.2 Å². The molecule has 0 aliphatic carbocycles. The first-order valence-electron chi connectivity index (χ1n) is 10.6. The van der Waals surface area contributed by atoms with Crippen LogP contribution < -0.4 is 0 Å². The minimum absolute atomic E-state index is 0.159. The Morgan fingerprint density at radius 1 is 0.893 bits per heavy atom. The van der Waals surface area contributed by atoms with E-state index in [4.69, 9.17) is 0 Å². The van der Waals surface area contributed by atoms with Crippen molar-refractivity contribution in [2.75, 3.05) is 13.1 Å². The molecular weight excluding hydrogens is 340 g/mol. The topological polar surface area (TPSA) is 27.0 Å². The SMILES string of the molecule is CCc1ccc(-c2ccc(CN3CCC(CC#N)(C(C)(C)C)CC3)cc2)cc1. The molecule has 0 atom stereocenters. The fourth-order valence-electron chi connectivity index (χ4n) is 4.48. The van der Waals surface area contributed by atoms with E-state index in [1.54, 1.807) is 0 Å².